The van der Waals surface area contributed by atoms with E-state index in [0.717, 1.165) is 9.44 Å². The number of nitrogens with zero attached hydrogens (tertiary/aromatic N) is 3. The first-order valence-corrected chi connectivity index (χ1v) is 9.77. The number of non-ortho nitro benzene ring substituents is 1. The number of ketones is 1. The largest absolute Gasteiger partial charge is 0.337 e. The Hall–Kier alpha value is -3.85. The van der Waals surface area contributed by atoms with E-state index < -0.39 is 22.0 Å². The zero-order chi connectivity index (χ0) is 21.4. The molecule has 0 atom stereocenters. The summed E-state index contributed by atoms with van der Waals surface area (Å²) in [6, 6.07) is 15.5. The third-order valence-electron chi connectivity index (χ3n) is 4.63. The lowest BCUT2D eigenvalue weighted by molar-refractivity contribution is -0.384. The van der Waals surface area contributed by atoms with Crippen LogP contribution in [0.4, 0.5) is 5.69 Å². The van der Waals surface area contributed by atoms with Crippen LogP contribution < -0.4 is 11.2 Å². The first-order valence-electron chi connectivity index (χ1n) is 8.96. The zero-order valence-corrected chi connectivity index (χ0v) is 16.6. The molecule has 0 radical (unpaired) electrons. The smallest absolute Gasteiger partial charge is 0.292 e. The van der Waals surface area contributed by atoms with Crippen molar-refractivity contribution in [1.29, 1.82) is 0 Å². The van der Waals surface area contributed by atoms with Crippen LogP contribution in [-0.2, 0) is 6.54 Å². The third-order valence-corrected chi connectivity index (χ3v) is 5.71. The highest BCUT2D eigenvalue weighted by Crippen LogP contribution is 2.22. The van der Waals surface area contributed by atoms with Gasteiger partial charge in [0.15, 0.2) is 5.78 Å². The highest BCUT2D eigenvalue weighted by molar-refractivity contribution is 7.18. The van der Waals surface area contributed by atoms with Gasteiger partial charge < -0.3 is 0 Å². The van der Waals surface area contributed by atoms with Gasteiger partial charge in [0.2, 0.25) is 0 Å². The second-order valence-electron chi connectivity index (χ2n) is 6.65. The van der Waals surface area contributed by atoms with Crippen LogP contribution >= 0.6 is 11.3 Å². The van der Waals surface area contributed by atoms with Crippen molar-refractivity contribution in [2.24, 2.45) is 0 Å². The molecule has 0 saturated heterocycles. The van der Waals surface area contributed by atoms with Gasteiger partial charge in [-0.2, -0.15) is 0 Å². The van der Waals surface area contributed by atoms with Gasteiger partial charge in [-0.05, 0) is 25.1 Å². The summed E-state index contributed by atoms with van der Waals surface area (Å²) in [6.45, 7) is 1.47. The molecule has 0 saturated carbocycles. The number of rotatable bonds is 5. The van der Waals surface area contributed by atoms with Gasteiger partial charge in [0, 0.05) is 22.6 Å². The second-order valence-corrected chi connectivity index (χ2v) is 7.89. The highest BCUT2D eigenvalue weighted by atomic mass is 32.1. The molecule has 150 valence electrons. The molecular formula is C21H15N3O5S. The molecule has 0 N–H and O–H groups in total. The molecule has 0 spiro atoms. The summed E-state index contributed by atoms with van der Waals surface area (Å²) in [5.41, 5.74) is -0.784. The van der Waals surface area contributed by atoms with Gasteiger partial charge in [-0.3, -0.25) is 24.3 Å². The molecule has 0 aliphatic heterocycles. The fourth-order valence-corrected chi connectivity index (χ4v) is 4.23. The maximum atomic E-state index is 13.2. The third kappa shape index (κ3) is 3.35. The zero-order valence-electron chi connectivity index (χ0n) is 15.8. The maximum Gasteiger partial charge on any atom is 0.337 e. The average Bonchev–Trinajstić information content (AvgIpc) is 3.14. The number of aryl methyl sites for hydroxylation is 1. The Bertz CT molecular complexity index is 1420. The Kier molecular flexibility index (Phi) is 4.88. The lowest BCUT2D eigenvalue weighted by atomic mass is 10.1. The van der Waals surface area contributed by atoms with Crippen LogP contribution in [-0.4, -0.2) is 19.8 Å². The Labute approximate surface area is 173 Å². The van der Waals surface area contributed by atoms with Crippen molar-refractivity contribution >= 4 is 33.0 Å². The van der Waals surface area contributed by atoms with Crippen molar-refractivity contribution in [3.8, 4) is 5.69 Å². The number of thiophene rings is 1. The van der Waals surface area contributed by atoms with E-state index in [9.17, 15) is 24.5 Å². The van der Waals surface area contributed by atoms with Gasteiger partial charge in [0.1, 0.15) is 4.83 Å². The SMILES string of the molecule is Cc1cc2c(=O)n(-c3ccccc3)c(=O)n(CC(=O)c3cccc([N+](=O)[O-])c3)c2s1. The molecule has 0 bridgehead atoms. The minimum Gasteiger partial charge on any atom is -0.292 e. The van der Waals surface area contributed by atoms with Crippen LogP contribution in [0.15, 0.2) is 70.3 Å². The molecule has 2 aromatic heterocycles. The maximum absolute atomic E-state index is 13.2. The van der Waals surface area contributed by atoms with Crippen LogP contribution in [0.25, 0.3) is 15.9 Å². The topological polar surface area (TPSA) is 104 Å². The highest BCUT2D eigenvalue weighted by Gasteiger charge is 2.20. The number of Topliss-reactive ketones (excluding diaryl/α,β-unsaturated/α-hetero) is 1. The molecule has 30 heavy (non-hydrogen) atoms. The van der Waals surface area contributed by atoms with E-state index in [1.54, 1.807) is 36.4 Å². The minimum absolute atomic E-state index is 0.120. The summed E-state index contributed by atoms with van der Waals surface area (Å²) >= 11 is 1.25. The summed E-state index contributed by atoms with van der Waals surface area (Å²) in [5, 5.41) is 11.3. The molecule has 0 aliphatic carbocycles. The summed E-state index contributed by atoms with van der Waals surface area (Å²) in [5.74, 6) is -0.466. The molecule has 0 unspecified atom stereocenters. The lowest BCUT2D eigenvalue weighted by Gasteiger charge is -2.11. The number of nitro groups is 1. The lowest BCUT2D eigenvalue weighted by Crippen LogP contribution is -2.39. The molecule has 2 aromatic carbocycles. The van der Waals surface area contributed by atoms with Gasteiger partial charge in [-0.1, -0.05) is 30.3 Å². The van der Waals surface area contributed by atoms with Crippen LogP contribution in [0.3, 0.4) is 0 Å². The summed E-state index contributed by atoms with van der Waals surface area (Å²) < 4.78 is 2.29. The van der Waals surface area contributed by atoms with E-state index in [4.69, 9.17) is 0 Å². The van der Waals surface area contributed by atoms with Crippen LogP contribution in [0.2, 0.25) is 0 Å². The molecule has 4 aromatic rings. The van der Waals surface area contributed by atoms with Crippen molar-refractivity contribution in [3.05, 3.63) is 102 Å². The Morgan fingerprint density at radius 2 is 1.80 bits per heavy atom. The molecule has 0 amide bonds. The van der Waals surface area contributed by atoms with E-state index >= 15 is 0 Å². The van der Waals surface area contributed by atoms with Crippen LogP contribution in [0, 0.1) is 17.0 Å². The average molecular weight is 421 g/mol. The number of nitro benzene ring substituents is 1. The van der Waals surface area contributed by atoms with E-state index in [1.807, 2.05) is 6.92 Å². The fourth-order valence-electron chi connectivity index (χ4n) is 3.24. The number of hydrogen-bond acceptors (Lipinski definition) is 6. The van der Waals surface area contributed by atoms with Crippen molar-refractivity contribution < 1.29 is 9.72 Å². The van der Waals surface area contributed by atoms with Crippen molar-refractivity contribution in [2.75, 3.05) is 0 Å². The molecule has 0 fully saturated rings. The van der Waals surface area contributed by atoms with Crippen molar-refractivity contribution in [1.82, 2.24) is 9.13 Å². The number of aromatic nitrogens is 2. The van der Waals surface area contributed by atoms with Gasteiger partial charge >= 0.3 is 5.69 Å². The molecule has 0 aliphatic rings. The van der Waals surface area contributed by atoms with E-state index in [-0.39, 0.29) is 17.8 Å². The minimum atomic E-state index is -0.640. The number of fused-ring (bicyclic) bond motifs is 1. The number of benzene rings is 2. The van der Waals surface area contributed by atoms with E-state index in [0.29, 0.717) is 15.9 Å². The molecule has 8 nitrogen and oxygen atoms in total. The first kappa shape index (κ1) is 19.5. The predicted molar refractivity (Wildman–Crippen MR) is 114 cm³/mol. The Balaban J connectivity index is 1.90. The quantitative estimate of drug-likeness (QED) is 0.279. The summed E-state index contributed by atoms with van der Waals surface area (Å²) in [4.78, 5) is 50.7. The molecule has 9 heteroatoms. The Morgan fingerprint density at radius 1 is 1.07 bits per heavy atom. The van der Waals surface area contributed by atoms with Crippen molar-refractivity contribution in [2.45, 2.75) is 13.5 Å². The summed E-state index contributed by atoms with van der Waals surface area (Å²) in [6.07, 6.45) is 0. The van der Waals surface area contributed by atoms with Crippen molar-refractivity contribution in [3.63, 3.8) is 0 Å². The molecule has 4 rings (SSSR count). The Morgan fingerprint density at radius 3 is 2.50 bits per heavy atom. The van der Waals surface area contributed by atoms with Gasteiger partial charge in [-0.25, -0.2) is 9.36 Å². The molecular weight excluding hydrogens is 406 g/mol. The van der Waals surface area contributed by atoms with Gasteiger partial charge in [0.05, 0.1) is 22.5 Å². The fraction of sp³-hybridized carbons (Fsp3) is 0.0952. The van der Waals surface area contributed by atoms with Crippen LogP contribution in [0.5, 0.6) is 0 Å². The number of carbonyl (C=O) groups excluding carboxylic acids is 1. The first-order chi connectivity index (χ1) is 14.4. The van der Waals surface area contributed by atoms with Crippen LogP contribution in [0.1, 0.15) is 15.2 Å². The monoisotopic (exact) mass is 421 g/mol. The molecule has 2 heterocycles. The number of carbonyl (C=O) groups is 1. The van der Waals surface area contributed by atoms with Gasteiger partial charge in [0.25, 0.3) is 11.2 Å². The van der Waals surface area contributed by atoms with E-state index in [1.165, 1.54) is 40.2 Å². The number of para-hydroxylation sites is 1. The van der Waals surface area contributed by atoms with E-state index in [2.05, 4.69) is 0 Å². The summed E-state index contributed by atoms with van der Waals surface area (Å²) in [7, 11) is 0. The van der Waals surface area contributed by atoms with Gasteiger partial charge in [-0.15, -0.1) is 11.3 Å². The normalized spacial score (nSPS) is 11.0. The second kappa shape index (κ2) is 7.53. The predicted octanol–water partition coefficient (Wildman–Crippen LogP) is 3.31. The number of hydrogen-bond donors (Lipinski definition) is 0. The standard InChI is InChI=1S/C21H15N3O5S/c1-13-10-17-19(26)23(15-7-3-2-4-8-15)21(27)22(20(17)30-13)12-18(25)14-6-5-9-16(11-14)24(28)29/h2-11H,12H2,1H3.